The van der Waals surface area contributed by atoms with Crippen molar-refractivity contribution >= 4 is 4.57 Å². The number of hydrogen-bond donors (Lipinski definition) is 0. The number of hydrogen-bond acceptors (Lipinski definition) is 0. The predicted molar refractivity (Wildman–Crippen MR) is 19.6 cm³/mol. The van der Waals surface area contributed by atoms with Crippen molar-refractivity contribution in [1.29, 1.82) is 0 Å². The molecule has 0 atom stereocenters. The molecule has 0 aliphatic heterocycles. The summed E-state index contributed by atoms with van der Waals surface area (Å²) in [5.74, 6) is 0. The minimum atomic E-state index is 0.929. The van der Waals surface area contributed by atoms with E-state index in [9.17, 15) is 0 Å². The molecule has 0 bridgehead atoms. The average molecular weight is 243 g/mol. The van der Waals surface area contributed by atoms with Crippen molar-refractivity contribution in [2.45, 2.75) is 6.42 Å². The summed E-state index contributed by atoms with van der Waals surface area (Å²) in [4.78, 5) is 0. The van der Waals surface area contributed by atoms with Crippen LogP contribution in [-0.2, 0) is 18.1 Å². The molecule has 0 radical (unpaired) electrons. The van der Waals surface area contributed by atoms with Gasteiger partial charge in [0.2, 0.25) is 0 Å². The van der Waals surface area contributed by atoms with Gasteiger partial charge in [-0.05, 0) is 0 Å². The van der Waals surface area contributed by atoms with Crippen LogP contribution in [0, 0.1) is 6.58 Å². The maximum atomic E-state index is 4.99. The Hall–Kier alpha value is 0.246. The molecule has 0 fully saturated rings. The molecule has 0 saturated heterocycles. The van der Waals surface area contributed by atoms with Crippen LogP contribution in [0.1, 0.15) is 6.42 Å². The summed E-state index contributed by atoms with van der Waals surface area (Å²) < 4.78 is 2.03. The number of allylic oxidation sites excluding steroid dienone is 1. The summed E-state index contributed by atoms with van der Waals surface area (Å²) in [6, 6.07) is 0. The van der Waals surface area contributed by atoms with Crippen LogP contribution in [-0.4, -0.2) is 4.57 Å². The van der Waals surface area contributed by atoms with Crippen molar-refractivity contribution in [3.63, 3.8) is 0 Å². The fraction of sp³-hybridized carbons (Fsp3) is 0.250. The molecule has 0 nitrogen and oxygen atoms in total. The Morgan fingerprint density at radius 1 is 1.80 bits per heavy atom. The molecule has 0 aromatic carbocycles. The summed E-state index contributed by atoms with van der Waals surface area (Å²) in [6.45, 7) is 4.99. The first-order valence-corrected chi connectivity index (χ1v) is 2.82. The molecule has 0 rings (SSSR count). The normalized spacial score (nSPS) is 6.60. The first-order valence-electron chi connectivity index (χ1n) is 1.35. The molecule has 0 heterocycles. The van der Waals surface area contributed by atoms with Gasteiger partial charge in [0.1, 0.15) is 0 Å². The second-order valence-corrected chi connectivity index (χ2v) is 1.65. The first kappa shape index (κ1) is 5.25. The SMILES string of the molecule is [CH-]=CC[CH]=[Os]. The van der Waals surface area contributed by atoms with Crippen LogP contribution < -0.4 is 0 Å². The summed E-state index contributed by atoms with van der Waals surface area (Å²) >= 11 is 1.81. The molecule has 0 amide bonds. The molecule has 0 saturated carbocycles. The predicted octanol–water partition coefficient (Wildman–Crippen LogP) is 0.715. The average Bonchev–Trinajstić information content (AvgIpc) is 1.41. The Bertz CT molecular complexity index is 32.9. The van der Waals surface area contributed by atoms with Crippen LogP contribution in [0.3, 0.4) is 0 Å². The standard InChI is InChI=1S/C4H5.Os/c1-3-4-2;/h1-3H,4H2;/q-1;. The maximum absolute atomic E-state index is 4.99. The van der Waals surface area contributed by atoms with Crippen molar-refractivity contribution in [2.75, 3.05) is 0 Å². The van der Waals surface area contributed by atoms with Crippen molar-refractivity contribution in [1.82, 2.24) is 0 Å². The van der Waals surface area contributed by atoms with E-state index >= 15 is 0 Å². The monoisotopic (exact) mass is 245 g/mol. The second kappa shape index (κ2) is 4.25. The van der Waals surface area contributed by atoms with Gasteiger partial charge in [-0.15, -0.1) is 0 Å². The van der Waals surface area contributed by atoms with Crippen LogP contribution in [0.25, 0.3) is 0 Å². The third kappa shape index (κ3) is 4.25. The number of rotatable bonds is 2. The summed E-state index contributed by atoms with van der Waals surface area (Å²) in [7, 11) is 0. The minimum absolute atomic E-state index is 0.929. The zero-order valence-electron chi connectivity index (χ0n) is 2.79. The van der Waals surface area contributed by atoms with Crippen molar-refractivity contribution < 1.29 is 18.1 Å². The van der Waals surface area contributed by atoms with Crippen LogP contribution in [0.5, 0.6) is 0 Å². The Morgan fingerprint density at radius 3 is 2.40 bits per heavy atom. The molecule has 0 aromatic heterocycles. The third-order valence-corrected chi connectivity index (χ3v) is 0.818. The van der Waals surface area contributed by atoms with E-state index in [1.807, 2.05) is 22.7 Å². The summed E-state index contributed by atoms with van der Waals surface area (Å²) in [6.07, 6.45) is 2.56. The van der Waals surface area contributed by atoms with E-state index < -0.39 is 0 Å². The fourth-order valence-corrected chi connectivity index (χ4v) is 0.394. The van der Waals surface area contributed by atoms with Gasteiger partial charge in [-0.2, -0.15) is 0 Å². The topological polar surface area (TPSA) is 0 Å². The molecule has 5 heavy (non-hydrogen) atoms. The van der Waals surface area contributed by atoms with E-state index in [1.54, 1.807) is 6.08 Å². The molecule has 30 valence electrons. The molecule has 0 N–H and O–H groups in total. The van der Waals surface area contributed by atoms with E-state index in [-0.39, 0.29) is 0 Å². The molecule has 0 aromatic rings. The zero-order valence-corrected chi connectivity index (χ0v) is 5.33. The van der Waals surface area contributed by atoms with Gasteiger partial charge in [0.15, 0.2) is 0 Å². The zero-order chi connectivity index (χ0) is 4.12. The van der Waals surface area contributed by atoms with Crippen LogP contribution in [0.2, 0.25) is 0 Å². The van der Waals surface area contributed by atoms with E-state index in [4.69, 9.17) is 6.58 Å². The second-order valence-electron chi connectivity index (χ2n) is 0.616. The van der Waals surface area contributed by atoms with Gasteiger partial charge in [0.25, 0.3) is 0 Å². The fourth-order valence-electron chi connectivity index (χ4n) is 0.0481. The van der Waals surface area contributed by atoms with Crippen molar-refractivity contribution in [3.8, 4) is 0 Å². The van der Waals surface area contributed by atoms with Gasteiger partial charge in [0, 0.05) is 0 Å². The molecule has 0 unspecified atom stereocenters. The van der Waals surface area contributed by atoms with Crippen LogP contribution in [0.15, 0.2) is 6.08 Å². The van der Waals surface area contributed by atoms with Gasteiger partial charge >= 0.3 is 41.8 Å². The van der Waals surface area contributed by atoms with Gasteiger partial charge in [-0.3, -0.25) is 0 Å². The Balaban J connectivity index is 2.65. The molecule has 1 heteroatoms. The van der Waals surface area contributed by atoms with Crippen molar-refractivity contribution in [3.05, 3.63) is 12.7 Å². The summed E-state index contributed by atoms with van der Waals surface area (Å²) in [5.41, 5.74) is 0. The van der Waals surface area contributed by atoms with Crippen LogP contribution >= 0.6 is 0 Å². The molecule has 0 aliphatic carbocycles. The van der Waals surface area contributed by atoms with E-state index in [0.717, 1.165) is 6.42 Å². The van der Waals surface area contributed by atoms with Gasteiger partial charge in [-0.25, -0.2) is 0 Å². The Labute approximate surface area is 42.3 Å². The van der Waals surface area contributed by atoms with Gasteiger partial charge < -0.3 is 0 Å². The van der Waals surface area contributed by atoms with E-state index in [1.165, 1.54) is 0 Å². The Kier molecular flexibility index (Phi) is 4.46. The summed E-state index contributed by atoms with van der Waals surface area (Å²) in [5, 5.41) is 0. The molecular weight excluding hydrogens is 238 g/mol. The van der Waals surface area contributed by atoms with Gasteiger partial charge in [-0.1, -0.05) is 0 Å². The first-order chi connectivity index (χ1) is 2.41. The van der Waals surface area contributed by atoms with Gasteiger partial charge in [0.05, 0.1) is 0 Å². The van der Waals surface area contributed by atoms with Crippen molar-refractivity contribution in [2.24, 2.45) is 0 Å². The third-order valence-electron chi connectivity index (χ3n) is 0.219. The Morgan fingerprint density at radius 2 is 2.40 bits per heavy atom. The van der Waals surface area contributed by atoms with E-state index in [0.29, 0.717) is 0 Å². The van der Waals surface area contributed by atoms with Crippen LogP contribution in [0.4, 0.5) is 0 Å². The molecule has 0 aliphatic rings. The quantitative estimate of drug-likeness (QED) is 0.627. The molecular formula is C4H5Os-. The van der Waals surface area contributed by atoms with E-state index in [2.05, 4.69) is 0 Å². The molecule has 0 spiro atoms.